The molecule has 19 heavy (non-hydrogen) atoms. The molecule has 102 valence electrons. The molecule has 1 heterocycles. The van der Waals surface area contributed by atoms with Crippen LogP contribution in [0.2, 0.25) is 0 Å². The standard InChI is InChI=1S/C15H21N3O/c1-4-15(13-5-7-14(19-3)8-6-13)16-9-12-10-17-18(2)11-12/h5-8,10-11,15-16H,4,9H2,1-3H3. The van der Waals surface area contributed by atoms with E-state index in [2.05, 4.69) is 29.5 Å². The second-order valence-electron chi connectivity index (χ2n) is 4.64. The van der Waals surface area contributed by atoms with E-state index in [4.69, 9.17) is 4.74 Å². The van der Waals surface area contributed by atoms with Gasteiger partial charge in [-0.05, 0) is 24.1 Å². The lowest BCUT2D eigenvalue weighted by atomic mass is 10.0. The minimum Gasteiger partial charge on any atom is -0.497 e. The Morgan fingerprint density at radius 1 is 1.32 bits per heavy atom. The van der Waals surface area contributed by atoms with Crippen molar-refractivity contribution < 1.29 is 4.74 Å². The summed E-state index contributed by atoms with van der Waals surface area (Å²) in [6.45, 7) is 3.02. The lowest BCUT2D eigenvalue weighted by Gasteiger charge is -2.17. The smallest absolute Gasteiger partial charge is 0.118 e. The number of nitrogens with zero attached hydrogens (tertiary/aromatic N) is 2. The summed E-state index contributed by atoms with van der Waals surface area (Å²) < 4.78 is 7.01. The molecule has 0 amide bonds. The highest BCUT2D eigenvalue weighted by molar-refractivity contribution is 5.29. The molecule has 1 atom stereocenters. The Bertz CT molecular complexity index is 504. The fraction of sp³-hybridized carbons (Fsp3) is 0.400. The molecule has 1 aromatic carbocycles. The van der Waals surface area contributed by atoms with Gasteiger partial charge in [-0.2, -0.15) is 5.10 Å². The highest BCUT2D eigenvalue weighted by atomic mass is 16.5. The summed E-state index contributed by atoms with van der Waals surface area (Å²) in [4.78, 5) is 0. The van der Waals surface area contributed by atoms with Gasteiger partial charge in [0.1, 0.15) is 5.75 Å². The third-order valence-corrected chi connectivity index (χ3v) is 3.24. The minimum absolute atomic E-state index is 0.353. The third-order valence-electron chi connectivity index (χ3n) is 3.24. The maximum absolute atomic E-state index is 5.18. The second-order valence-corrected chi connectivity index (χ2v) is 4.64. The predicted molar refractivity (Wildman–Crippen MR) is 76.1 cm³/mol. The van der Waals surface area contributed by atoms with Gasteiger partial charge >= 0.3 is 0 Å². The molecule has 0 aliphatic carbocycles. The summed E-state index contributed by atoms with van der Waals surface area (Å²) >= 11 is 0. The van der Waals surface area contributed by atoms with Gasteiger partial charge in [0.25, 0.3) is 0 Å². The zero-order chi connectivity index (χ0) is 13.7. The molecule has 0 aliphatic rings. The summed E-state index contributed by atoms with van der Waals surface area (Å²) in [5.41, 5.74) is 2.49. The highest BCUT2D eigenvalue weighted by Crippen LogP contribution is 2.20. The fourth-order valence-electron chi connectivity index (χ4n) is 2.14. The first-order chi connectivity index (χ1) is 9.22. The largest absolute Gasteiger partial charge is 0.497 e. The van der Waals surface area contributed by atoms with E-state index in [-0.39, 0.29) is 0 Å². The zero-order valence-electron chi connectivity index (χ0n) is 11.8. The van der Waals surface area contributed by atoms with Gasteiger partial charge < -0.3 is 10.1 Å². The van der Waals surface area contributed by atoms with Crippen LogP contribution in [0, 0.1) is 0 Å². The Balaban J connectivity index is 1.98. The lowest BCUT2D eigenvalue weighted by Crippen LogP contribution is -2.20. The van der Waals surface area contributed by atoms with Crippen LogP contribution in [0.1, 0.15) is 30.5 Å². The van der Waals surface area contributed by atoms with E-state index in [0.717, 1.165) is 18.7 Å². The summed E-state index contributed by atoms with van der Waals surface area (Å²) in [6.07, 6.45) is 4.98. The first kappa shape index (κ1) is 13.6. The van der Waals surface area contributed by atoms with Crippen molar-refractivity contribution in [2.75, 3.05) is 7.11 Å². The Hall–Kier alpha value is -1.81. The number of ether oxygens (including phenoxy) is 1. The molecule has 0 aliphatic heterocycles. The van der Waals surface area contributed by atoms with E-state index in [1.54, 1.807) is 7.11 Å². The SMILES string of the molecule is CCC(NCc1cnn(C)c1)c1ccc(OC)cc1. The van der Waals surface area contributed by atoms with Gasteiger partial charge in [-0.25, -0.2) is 0 Å². The molecule has 0 saturated heterocycles. The van der Waals surface area contributed by atoms with Crippen LogP contribution in [-0.4, -0.2) is 16.9 Å². The normalized spacial score (nSPS) is 12.4. The van der Waals surface area contributed by atoms with Crippen LogP contribution >= 0.6 is 0 Å². The quantitative estimate of drug-likeness (QED) is 0.867. The number of aryl methyl sites for hydroxylation is 1. The Morgan fingerprint density at radius 2 is 2.05 bits per heavy atom. The van der Waals surface area contributed by atoms with Gasteiger partial charge in [0.2, 0.25) is 0 Å². The number of hydrogen-bond acceptors (Lipinski definition) is 3. The van der Waals surface area contributed by atoms with E-state index in [1.807, 2.05) is 36.3 Å². The van der Waals surface area contributed by atoms with Crippen LogP contribution in [-0.2, 0) is 13.6 Å². The maximum Gasteiger partial charge on any atom is 0.118 e. The zero-order valence-corrected chi connectivity index (χ0v) is 11.8. The van der Waals surface area contributed by atoms with E-state index < -0.39 is 0 Å². The fourth-order valence-corrected chi connectivity index (χ4v) is 2.14. The van der Waals surface area contributed by atoms with Crippen molar-refractivity contribution in [1.82, 2.24) is 15.1 Å². The molecule has 0 saturated carbocycles. The van der Waals surface area contributed by atoms with Crippen LogP contribution in [0.5, 0.6) is 5.75 Å². The molecule has 2 rings (SSSR count). The number of benzene rings is 1. The summed E-state index contributed by atoms with van der Waals surface area (Å²) in [7, 11) is 3.62. The van der Waals surface area contributed by atoms with Crippen LogP contribution < -0.4 is 10.1 Å². The number of aromatic nitrogens is 2. The molecular weight excluding hydrogens is 238 g/mol. The van der Waals surface area contributed by atoms with E-state index >= 15 is 0 Å². The van der Waals surface area contributed by atoms with Crippen LogP contribution in [0.3, 0.4) is 0 Å². The molecule has 4 nitrogen and oxygen atoms in total. The monoisotopic (exact) mass is 259 g/mol. The second kappa shape index (κ2) is 6.38. The predicted octanol–water partition coefficient (Wildman–Crippen LogP) is 2.67. The van der Waals surface area contributed by atoms with Gasteiger partial charge in [0.15, 0.2) is 0 Å². The van der Waals surface area contributed by atoms with Gasteiger partial charge in [0.05, 0.1) is 13.3 Å². The van der Waals surface area contributed by atoms with Gasteiger partial charge in [0, 0.05) is 31.4 Å². The first-order valence-electron chi connectivity index (χ1n) is 6.57. The molecule has 1 unspecified atom stereocenters. The Labute approximate surface area is 114 Å². The van der Waals surface area contributed by atoms with Crippen molar-refractivity contribution in [2.45, 2.75) is 25.9 Å². The van der Waals surface area contributed by atoms with Gasteiger partial charge in [-0.15, -0.1) is 0 Å². The lowest BCUT2D eigenvalue weighted by molar-refractivity contribution is 0.414. The molecular formula is C15H21N3O. The maximum atomic E-state index is 5.18. The van der Waals surface area contributed by atoms with Gasteiger partial charge in [-0.1, -0.05) is 19.1 Å². The summed E-state index contributed by atoms with van der Waals surface area (Å²) in [5, 5.41) is 7.73. The van der Waals surface area contributed by atoms with Crippen molar-refractivity contribution in [3.8, 4) is 5.75 Å². The van der Waals surface area contributed by atoms with Gasteiger partial charge in [-0.3, -0.25) is 4.68 Å². The van der Waals surface area contributed by atoms with Crippen molar-refractivity contribution in [3.63, 3.8) is 0 Å². The Kier molecular flexibility index (Phi) is 4.58. The number of rotatable bonds is 6. The first-order valence-corrected chi connectivity index (χ1v) is 6.57. The van der Waals surface area contributed by atoms with Crippen molar-refractivity contribution >= 4 is 0 Å². The van der Waals surface area contributed by atoms with Crippen LogP contribution in [0.4, 0.5) is 0 Å². The molecule has 1 N–H and O–H groups in total. The molecule has 2 aromatic rings. The van der Waals surface area contributed by atoms with E-state index in [9.17, 15) is 0 Å². The number of hydrogen-bond donors (Lipinski definition) is 1. The molecule has 0 spiro atoms. The molecule has 1 aromatic heterocycles. The van der Waals surface area contributed by atoms with E-state index in [0.29, 0.717) is 6.04 Å². The molecule has 0 bridgehead atoms. The number of nitrogens with one attached hydrogen (secondary N) is 1. The van der Waals surface area contributed by atoms with E-state index in [1.165, 1.54) is 11.1 Å². The molecule has 4 heteroatoms. The molecule has 0 radical (unpaired) electrons. The third kappa shape index (κ3) is 3.58. The minimum atomic E-state index is 0.353. The average molecular weight is 259 g/mol. The van der Waals surface area contributed by atoms with Crippen molar-refractivity contribution in [3.05, 3.63) is 47.8 Å². The van der Waals surface area contributed by atoms with Crippen molar-refractivity contribution in [2.24, 2.45) is 7.05 Å². The van der Waals surface area contributed by atoms with Crippen molar-refractivity contribution in [1.29, 1.82) is 0 Å². The van der Waals surface area contributed by atoms with Crippen LogP contribution in [0.15, 0.2) is 36.7 Å². The topological polar surface area (TPSA) is 39.1 Å². The summed E-state index contributed by atoms with van der Waals surface area (Å²) in [6, 6.07) is 8.59. The number of methoxy groups -OCH3 is 1. The average Bonchev–Trinajstić information content (AvgIpc) is 2.86. The molecule has 0 fully saturated rings. The summed E-state index contributed by atoms with van der Waals surface area (Å²) in [5.74, 6) is 0.894. The Morgan fingerprint density at radius 3 is 2.58 bits per heavy atom. The van der Waals surface area contributed by atoms with Crippen LogP contribution in [0.25, 0.3) is 0 Å². The highest BCUT2D eigenvalue weighted by Gasteiger charge is 2.09.